The summed E-state index contributed by atoms with van der Waals surface area (Å²) in [6, 6.07) is 0. The summed E-state index contributed by atoms with van der Waals surface area (Å²) in [7, 11) is 1.83. The van der Waals surface area contributed by atoms with Crippen LogP contribution in [0.25, 0.3) is 0 Å². The molecule has 0 aliphatic rings. The number of carboxylic acids is 1. The molecule has 0 aromatic carbocycles. The Bertz CT molecular complexity index is 528. The molecule has 0 amide bonds. The van der Waals surface area contributed by atoms with Gasteiger partial charge in [0.2, 0.25) is 0 Å². The zero-order valence-electron chi connectivity index (χ0n) is 8.95. The monoisotopic (exact) mass is 221 g/mol. The van der Waals surface area contributed by atoms with E-state index in [2.05, 4.69) is 15.3 Å². The van der Waals surface area contributed by atoms with Gasteiger partial charge in [0, 0.05) is 7.05 Å². The number of rotatable bonds is 3. The fourth-order valence-electron chi connectivity index (χ4n) is 1.40. The van der Waals surface area contributed by atoms with E-state index in [-0.39, 0.29) is 5.56 Å². The summed E-state index contributed by atoms with van der Waals surface area (Å²) >= 11 is 0. The van der Waals surface area contributed by atoms with E-state index in [1.165, 1.54) is 6.20 Å². The van der Waals surface area contributed by atoms with Crippen molar-refractivity contribution in [3.05, 3.63) is 29.6 Å². The smallest absolute Gasteiger partial charge is 0.339 e. The standard InChI is InChI=1S/C9H11N5O2/c1-6-7(9(15)16)3-11-14(6)4-8-12-10-5-13(8)2/h3,5H,4H2,1-2H3,(H,15,16). The van der Waals surface area contributed by atoms with Gasteiger partial charge in [-0.05, 0) is 6.92 Å². The molecule has 0 aliphatic carbocycles. The predicted molar refractivity (Wildman–Crippen MR) is 54.0 cm³/mol. The third kappa shape index (κ3) is 1.67. The van der Waals surface area contributed by atoms with Crippen LogP contribution in [0.5, 0.6) is 0 Å². The van der Waals surface area contributed by atoms with Gasteiger partial charge >= 0.3 is 5.97 Å². The van der Waals surface area contributed by atoms with Crippen LogP contribution < -0.4 is 0 Å². The molecule has 0 aliphatic heterocycles. The molecule has 16 heavy (non-hydrogen) atoms. The molecule has 0 bridgehead atoms. The van der Waals surface area contributed by atoms with Crippen LogP contribution in [-0.4, -0.2) is 35.6 Å². The van der Waals surface area contributed by atoms with E-state index in [0.717, 1.165) is 5.82 Å². The van der Waals surface area contributed by atoms with E-state index in [4.69, 9.17) is 5.11 Å². The largest absolute Gasteiger partial charge is 0.478 e. The first-order chi connectivity index (χ1) is 7.59. The van der Waals surface area contributed by atoms with E-state index >= 15 is 0 Å². The number of aromatic nitrogens is 5. The first kappa shape index (κ1) is 10.3. The summed E-state index contributed by atoms with van der Waals surface area (Å²) in [5.74, 6) is -0.246. The summed E-state index contributed by atoms with van der Waals surface area (Å²) in [5, 5.41) is 20.5. The number of hydrogen-bond donors (Lipinski definition) is 1. The Hall–Kier alpha value is -2.18. The first-order valence-electron chi connectivity index (χ1n) is 4.68. The van der Waals surface area contributed by atoms with Crippen molar-refractivity contribution in [2.24, 2.45) is 7.05 Å². The van der Waals surface area contributed by atoms with Crippen LogP contribution in [0, 0.1) is 6.92 Å². The van der Waals surface area contributed by atoms with E-state index in [1.54, 1.807) is 22.5 Å². The molecular weight excluding hydrogens is 210 g/mol. The lowest BCUT2D eigenvalue weighted by molar-refractivity contribution is 0.0696. The Morgan fingerprint density at radius 3 is 2.81 bits per heavy atom. The maximum atomic E-state index is 10.8. The van der Waals surface area contributed by atoms with E-state index in [0.29, 0.717) is 12.2 Å². The molecular formula is C9H11N5O2. The Kier molecular flexibility index (Phi) is 2.43. The third-order valence-corrected chi connectivity index (χ3v) is 2.43. The van der Waals surface area contributed by atoms with Crippen LogP contribution in [0.2, 0.25) is 0 Å². The molecule has 1 N–H and O–H groups in total. The van der Waals surface area contributed by atoms with Crippen molar-refractivity contribution in [1.29, 1.82) is 0 Å². The second-order valence-electron chi connectivity index (χ2n) is 3.46. The highest BCUT2D eigenvalue weighted by Crippen LogP contribution is 2.08. The van der Waals surface area contributed by atoms with Crippen molar-refractivity contribution in [2.45, 2.75) is 13.5 Å². The Labute approximate surface area is 91.3 Å². The molecule has 2 aromatic rings. The van der Waals surface area contributed by atoms with Gasteiger partial charge in [-0.15, -0.1) is 10.2 Å². The summed E-state index contributed by atoms with van der Waals surface area (Å²) < 4.78 is 3.36. The van der Waals surface area contributed by atoms with Gasteiger partial charge in [0.05, 0.1) is 11.9 Å². The normalized spacial score (nSPS) is 10.6. The summed E-state index contributed by atoms with van der Waals surface area (Å²) in [6.07, 6.45) is 2.93. The van der Waals surface area contributed by atoms with Crippen LogP contribution in [0.3, 0.4) is 0 Å². The molecule has 7 nitrogen and oxygen atoms in total. The molecule has 0 saturated carbocycles. The fourth-order valence-corrected chi connectivity index (χ4v) is 1.40. The number of aryl methyl sites for hydroxylation is 1. The molecule has 0 radical (unpaired) electrons. The highest BCUT2D eigenvalue weighted by atomic mass is 16.4. The summed E-state index contributed by atoms with van der Waals surface area (Å²) in [4.78, 5) is 10.8. The minimum absolute atomic E-state index is 0.210. The highest BCUT2D eigenvalue weighted by Gasteiger charge is 2.13. The highest BCUT2D eigenvalue weighted by molar-refractivity contribution is 5.88. The van der Waals surface area contributed by atoms with E-state index in [9.17, 15) is 4.79 Å². The first-order valence-corrected chi connectivity index (χ1v) is 4.68. The van der Waals surface area contributed by atoms with Crippen LogP contribution in [0.15, 0.2) is 12.5 Å². The van der Waals surface area contributed by atoms with E-state index < -0.39 is 5.97 Å². The zero-order valence-corrected chi connectivity index (χ0v) is 8.95. The topological polar surface area (TPSA) is 85.8 Å². The number of nitrogens with zero attached hydrogens (tertiary/aromatic N) is 5. The second-order valence-corrected chi connectivity index (χ2v) is 3.46. The number of hydrogen-bond acceptors (Lipinski definition) is 4. The van der Waals surface area contributed by atoms with Crippen molar-refractivity contribution < 1.29 is 9.90 Å². The third-order valence-electron chi connectivity index (χ3n) is 2.43. The maximum Gasteiger partial charge on any atom is 0.339 e. The van der Waals surface area contributed by atoms with Crippen molar-refractivity contribution in [1.82, 2.24) is 24.5 Å². The van der Waals surface area contributed by atoms with Gasteiger partial charge in [-0.25, -0.2) is 4.79 Å². The quantitative estimate of drug-likeness (QED) is 0.792. The summed E-state index contributed by atoms with van der Waals surface area (Å²) in [6.45, 7) is 2.13. The molecule has 0 fully saturated rings. The van der Waals surface area contributed by atoms with Gasteiger partial charge in [0.15, 0.2) is 5.82 Å². The van der Waals surface area contributed by atoms with Crippen molar-refractivity contribution in [3.8, 4) is 0 Å². The van der Waals surface area contributed by atoms with Gasteiger partial charge < -0.3 is 9.67 Å². The van der Waals surface area contributed by atoms with Gasteiger partial charge in [-0.2, -0.15) is 5.10 Å². The van der Waals surface area contributed by atoms with Crippen LogP contribution in [-0.2, 0) is 13.6 Å². The zero-order chi connectivity index (χ0) is 11.7. The van der Waals surface area contributed by atoms with Crippen molar-refractivity contribution in [3.63, 3.8) is 0 Å². The van der Waals surface area contributed by atoms with Crippen LogP contribution >= 0.6 is 0 Å². The summed E-state index contributed by atoms with van der Waals surface area (Å²) in [5.41, 5.74) is 0.817. The average molecular weight is 221 g/mol. The molecule has 0 unspecified atom stereocenters. The van der Waals surface area contributed by atoms with Gasteiger partial charge in [0.25, 0.3) is 0 Å². The SMILES string of the molecule is Cc1c(C(=O)O)cnn1Cc1nncn1C. The minimum Gasteiger partial charge on any atom is -0.478 e. The Morgan fingerprint density at radius 1 is 1.56 bits per heavy atom. The number of carboxylic acid groups (broad SMARTS) is 1. The Balaban J connectivity index is 2.29. The molecule has 0 saturated heterocycles. The van der Waals surface area contributed by atoms with Gasteiger partial charge in [0.1, 0.15) is 18.4 Å². The van der Waals surface area contributed by atoms with Crippen LogP contribution in [0.1, 0.15) is 21.9 Å². The molecule has 2 aromatic heterocycles. The molecule has 2 heterocycles. The lowest BCUT2D eigenvalue weighted by atomic mass is 10.3. The number of aromatic carboxylic acids is 1. The van der Waals surface area contributed by atoms with Crippen molar-refractivity contribution >= 4 is 5.97 Å². The van der Waals surface area contributed by atoms with Crippen LogP contribution in [0.4, 0.5) is 0 Å². The second kappa shape index (κ2) is 3.76. The van der Waals surface area contributed by atoms with E-state index in [1.807, 2.05) is 7.05 Å². The van der Waals surface area contributed by atoms with Crippen molar-refractivity contribution in [2.75, 3.05) is 0 Å². The molecule has 84 valence electrons. The lowest BCUT2D eigenvalue weighted by Crippen LogP contribution is -2.09. The average Bonchev–Trinajstić information content (AvgIpc) is 2.76. The van der Waals surface area contributed by atoms with Gasteiger partial charge in [-0.3, -0.25) is 4.68 Å². The van der Waals surface area contributed by atoms with Gasteiger partial charge in [-0.1, -0.05) is 0 Å². The fraction of sp³-hybridized carbons (Fsp3) is 0.333. The Morgan fingerprint density at radius 2 is 2.31 bits per heavy atom. The molecule has 2 rings (SSSR count). The molecule has 0 atom stereocenters. The molecule has 0 spiro atoms. The lowest BCUT2D eigenvalue weighted by Gasteiger charge is -2.03. The molecule has 7 heteroatoms. The number of carbonyl (C=O) groups is 1. The maximum absolute atomic E-state index is 10.8. The predicted octanol–water partition coefficient (Wildman–Crippen LogP) is 0.0665. The minimum atomic E-state index is -0.971.